The first kappa shape index (κ1) is 17.0. The molecule has 0 amide bonds. The van der Waals surface area contributed by atoms with Gasteiger partial charge in [-0.25, -0.2) is 0 Å². The lowest BCUT2D eigenvalue weighted by molar-refractivity contribution is 0.00687. The first-order valence-corrected chi connectivity index (χ1v) is 9.58. The van der Waals surface area contributed by atoms with Crippen molar-refractivity contribution in [2.75, 3.05) is 6.54 Å². The Kier molecular flexibility index (Phi) is 3.73. The summed E-state index contributed by atoms with van der Waals surface area (Å²) in [5.74, 6) is 0.626. The summed E-state index contributed by atoms with van der Waals surface area (Å²) in [6.45, 7) is 4.31. The van der Waals surface area contributed by atoms with Gasteiger partial charge >= 0.3 is 0 Å². The highest BCUT2D eigenvalue weighted by atomic mass is 79.9. The van der Waals surface area contributed by atoms with E-state index in [-0.39, 0.29) is 17.1 Å². The zero-order valence-corrected chi connectivity index (χ0v) is 16.0. The molecule has 3 aliphatic carbocycles. The van der Waals surface area contributed by atoms with E-state index in [4.69, 9.17) is 5.53 Å². The number of nitrogens with zero attached hydrogens (tertiary/aromatic N) is 3. The molecule has 0 heterocycles. The van der Waals surface area contributed by atoms with Crippen molar-refractivity contribution >= 4 is 15.9 Å². The van der Waals surface area contributed by atoms with E-state index in [1.165, 1.54) is 5.56 Å². The normalized spacial score (nSPS) is 36.9. The Bertz CT molecular complexity index is 846. The van der Waals surface area contributed by atoms with Crippen molar-refractivity contribution in [2.24, 2.45) is 10.5 Å². The third-order valence-electron chi connectivity index (χ3n) is 6.95. The molecule has 2 bridgehead atoms. The minimum atomic E-state index is -0.727. The van der Waals surface area contributed by atoms with Crippen LogP contribution in [0.15, 0.2) is 27.3 Å². The molecule has 6 heteroatoms. The molecule has 0 saturated heterocycles. The van der Waals surface area contributed by atoms with E-state index >= 15 is 0 Å². The number of hydrogen-bond acceptors (Lipinski definition) is 3. The van der Waals surface area contributed by atoms with Gasteiger partial charge in [-0.15, -0.1) is 0 Å². The first-order valence-electron chi connectivity index (χ1n) is 8.78. The molecule has 25 heavy (non-hydrogen) atoms. The van der Waals surface area contributed by atoms with Gasteiger partial charge in [0.05, 0.1) is 10.1 Å². The molecule has 1 aromatic carbocycles. The zero-order chi connectivity index (χ0) is 18.0. The van der Waals surface area contributed by atoms with Gasteiger partial charge in [0.1, 0.15) is 5.75 Å². The van der Waals surface area contributed by atoms with Crippen LogP contribution in [-0.4, -0.2) is 22.4 Å². The fourth-order valence-electron chi connectivity index (χ4n) is 5.97. The van der Waals surface area contributed by atoms with Crippen molar-refractivity contribution in [1.82, 2.24) is 0 Å². The highest BCUT2D eigenvalue weighted by Gasteiger charge is 2.64. The molecular weight excluding hydrogens is 382 g/mol. The predicted molar refractivity (Wildman–Crippen MR) is 99.6 cm³/mol. The molecular formula is C19H22BrN3O2. The number of rotatable bonds is 2. The second-order valence-electron chi connectivity index (χ2n) is 7.82. The number of halogens is 1. The number of benzene rings is 1. The highest BCUT2D eigenvalue weighted by molar-refractivity contribution is 9.10. The Balaban J connectivity index is 1.96. The molecule has 1 spiro atoms. The summed E-state index contributed by atoms with van der Waals surface area (Å²) in [5, 5.41) is 25.6. The Morgan fingerprint density at radius 1 is 1.52 bits per heavy atom. The lowest BCUT2D eigenvalue weighted by Gasteiger charge is -2.42. The third kappa shape index (κ3) is 2.08. The monoisotopic (exact) mass is 403 g/mol. The smallest absolute Gasteiger partial charge is 0.132 e. The van der Waals surface area contributed by atoms with Gasteiger partial charge in [-0.05, 0) is 107 Å². The van der Waals surface area contributed by atoms with E-state index in [2.05, 4.69) is 32.0 Å². The first-order chi connectivity index (χ1) is 11.9. The molecule has 132 valence electrons. The van der Waals surface area contributed by atoms with Gasteiger partial charge in [0.25, 0.3) is 0 Å². The molecule has 2 fully saturated rings. The Morgan fingerprint density at radius 2 is 2.28 bits per heavy atom. The van der Waals surface area contributed by atoms with Crippen LogP contribution >= 0.6 is 15.9 Å². The van der Waals surface area contributed by atoms with Gasteiger partial charge in [0, 0.05) is 11.5 Å². The summed E-state index contributed by atoms with van der Waals surface area (Å²) in [5.41, 5.74) is 12.4. The molecule has 0 aliphatic heterocycles. The minimum Gasteiger partial charge on any atom is -0.506 e. The van der Waals surface area contributed by atoms with Gasteiger partial charge in [-0.3, -0.25) is 0 Å². The lowest BCUT2D eigenvalue weighted by atomic mass is 9.63. The molecule has 5 nitrogen and oxygen atoms in total. The Labute approximate surface area is 155 Å². The number of phenols is 1. The van der Waals surface area contributed by atoms with Crippen LogP contribution in [0.1, 0.15) is 61.1 Å². The van der Waals surface area contributed by atoms with E-state index in [9.17, 15) is 10.2 Å². The number of fused-ring (bicyclic) bond motifs is 3. The number of azide groups is 1. The van der Waals surface area contributed by atoms with Gasteiger partial charge in [-0.1, -0.05) is 11.2 Å². The number of hydrogen-bond donors (Lipinski definition) is 2. The summed E-state index contributed by atoms with van der Waals surface area (Å²) < 4.78 is 0.716. The summed E-state index contributed by atoms with van der Waals surface area (Å²) in [6.07, 6.45) is 5.30. The van der Waals surface area contributed by atoms with Crippen molar-refractivity contribution in [1.29, 1.82) is 0 Å². The Morgan fingerprint density at radius 3 is 2.96 bits per heavy atom. The second kappa shape index (κ2) is 5.50. The number of phenolic OH excluding ortho intramolecular Hbond substituents is 1. The van der Waals surface area contributed by atoms with Crippen LogP contribution in [0, 0.1) is 12.3 Å². The van der Waals surface area contributed by atoms with Crippen molar-refractivity contribution in [3.8, 4) is 5.75 Å². The Hall–Kier alpha value is -1.49. The summed E-state index contributed by atoms with van der Waals surface area (Å²) in [4.78, 5) is 2.99. The van der Waals surface area contributed by atoms with Gasteiger partial charge < -0.3 is 10.2 Å². The summed E-state index contributed by atoms with van der Waals surface area (Å²) >= 11 is 3.48. The van der Waals surface area contributed by atoms with E-state index in [0.717, 1.165) is 36.0 Å². The van der Waals surface area contributed by atoms with Crippen LogP contribution in [0.2, 0.25) is 0 Å². The molecule has 4 atom stereocenters. The average molecular weight is 404 g/mol. The van der Waals surface area contributed by atoms with Crippen molar-refractivity contribution in [3.63, 3.8) is 0 Å². The molecule has 1 aromatic rings. The highest BCUT2D eigenvalue weighted by Crippen LogP contribution is 2.72. The van der Waals surface area contributed by atoms with E-state index in [1.807, 2.05) is 19.9 Å². The maximum absolute atomic E-state index is 11.2. The minimum absolute atomic E-state index is 0.0340. The molecule has 3 aliphatic rings. The van der Waals surface area contributed by atoms with E-state index < -0.39 is 5.60 Å². The van der Waals surface area contributed by atoms with Gasteiger partial charge in [-0.2, -0.15) is 0 Å². The summed E-state index contributed by atoms with van der Waals surface area (Å²) in [7, 11) is 0. The molecule has 2 N–H and O–H groups in total. The topological polar surface area (TPSA) is 89.2 Å². The quantitative estimate of drug-likeness (QED) is 0.307. The fraction of sp³-hybridized carbons (Fsp3) is 0.579. The number of allylic oxidation sites excluding steroid dienone is 1. The van der Waals surface area contributed by atoms with Crippen molar-refractivity contribution in [3.05, 3.63) is 49.3 Å². The predicted octanol–water partition coefficient (Wildman–Crippen LogP) is 5.21. The maximum Gasteiger partial charge on any atom is 0.132 e. The molecule has 0 radical (unpaired) electrons. The van der Waals surface area contributed by atoms with Crippen LogP contribution in [0.3, 0.4) is 0 Å². The summed E-state index contributed by atoms with van der Waals surface area (Å²) in [6, 6.07) is 2.04. The molecule has 0 unspecified atom stereocenters. The third-order valence-corrected chi connectivity index (χ3v) is 7.56. The number of aromatic hydroxyl groups is 1. The fourth-order valence-corrected chi connectivity index (χ4v) is 6.51. The average Bonchev–Trinajstić information content (AvgIpc) is 2.98. The molecule has 4 rings (SSSR count). The van der Waals surface area contributed by atoms with Crippen molar-refractivity contribution in [2.45, 2.75) is 57.0 Å². The van der Waals surface area contributed by atoms with Crippen LogP contribution in [-0.2, 0) is 0 Å². The molecule has 2 saturated carbocycles. The van der Waals surface area contributed by atoms with Gasteiger partial charge in [0.15, 0.2) is 0 Å². The van der Waals surface area contributed by atoms with Gasteiger partial charge in [0.2, 0.25) is 0 Å². The maximum atomic E-state index is 11.2. The van der Waals surface area contributed by atoms with Crippen LogP contribution in [0.5, 0.6) is 5.75 Å². The van der Waals surface area contributed by atoms with Crippen LogP contribution in [0.4, 0.5) is 0 Å². The lowest BCUT2D eigenvalue weighted by Crippen LogP contribution is -2.38. The molecule has 0 aromatic heterocycles. The van der Waals surface area contributed by atoms with E-state index in [0.29, 0.717) is 23.4 Å². The van der Waals surface area contributed by atoms with Crippen LogP contribution < -0.4 is 0 Å². The standard InChI is InChI=1S/C19H22BrN3O2/c1-3-11-7-18-9-19(11,25)5-4-13(18)12-6-15(20)17(24)10(2)16(12)14(18)8-22-23-21/h3,6,13-14,24-25H,4-5,7-9H2,1-2H3/b11-3-/t13-,14-,18-,19-/m0/s1. The van der Waals surface area contributed by atoms with E-state index in [1.54, 1.807) is 0 Å². The van der Waals surface area contributed by atoms with Crippen molar-refractivity contribution < 1.29 is 10.2 Å². The zero-order valence-electron chi connectivity index (χ0n) is 14.5. The largest absolute Gasteiger partial charge is 0.506 e. The number of aliphatic hydroxyl groups is 1. The van der Waals surface area contributed by atoms with Crippen LogP contribution in [0.25, 0.3) is 10.4 Å². The second-order valence-corrected chi connectivity index (χ2v) is 8.68. The SMILES string of the molecule is C/C=C1/C[C@]23C[C@@]1(O)CC[C@H]2c1cc(Br)c(O)c(C)c1[C@@H]3CN=[N+]=[N-].